The molecule has 78 valence electrons. The predicted molar refractivity (Wildman–Crippen MR) is 50.8 cm³/mol. The van der Waals surface area contributed by atoms with Crippen molar-refractivity contribution in [1.29, 1.82) is 0 Å². The lowest BCUT2D eigenvalue weighted by atomic mass is 10.2. The first-order chi connectivity index (χ1) is 6.81. The van der Waals surface area contributed by atoms with Crippen LogP contribution < -0.4 is 0 Å². The lowest BCUT2D eigenvalue weighted by molar-refractivity contribution is 0.136. The fraction of sp³-hybridized carbons (Fsp3) is 0.667. The van der Waals surface area contributed by atoms with E-state index in [0.29, 0.717) is 13.1 Å². The normalized spacial score (nSPS) is 28.4. The van der Waals surface area contributed by atoms with Crippen LogP contribution >= 0.6 is 0 Å². The van der Waals surface area contributed by atoms with Gasteiger partial charge in [-0.15, -0.1) is 0 Å². The van der Waals surface area contributed by atoms with Gasteiger partial charge in [0.1, 0.15) is 0 Å². The van der Waals surface area contributed by atoms with Crippen LogP contribution in [0.4, 0.5) is 0 Å². The maximum Gasteiger partial charge on any atom is 0.0917 e. The van der Waals surface area contributed by atoms with E-state index < -0.39 is 0 Å². The van der Waals surface area contributed by atoms with Gasteiger partial charge in [0.05, 0.1) is 18.8 Å². The molecular weight excluding hydrogens is 182 g/mol. The van der Waals surface area contributed by atoms with Gasteiger partial charge in [-0.1, -0.05) is 0 Å². The van der Waals surface area contributed by atoms with Gasteiger partial charge in [0.2, 0.25) is 0 Å². The number of rotatable bonds is 3. The molecule has 0 amide bonds. The second kappa shape index (κ2) is 4.08. The van der Waals surface area contributed by atoms with Crippen LogP contribution in [0.5, 0.6) is 0 Å². The third-order valence-corrected chi connectivity index (χ3v) is 2.62. The fourth-order valence-corrected chi connectivity index (χ4v) is 1.91. The molecule has 1 fully saturated rings. The van der Waals surface area contributed by atoms with E-state index in [0.717, 1.165) is 6.54 Å². The monoisotopic (exact) mass is 197 g/mol. The molecule has 0 spiro atoms. The number of likely N-dealkylation sites (tertiary alicyclic amines) is 1. The lowest BCUT2D eigenvalue weighted by Crippen LogP contribution is -2.25. The molecule has 2 atom stereocenters. The minimum Gasteiger partial charge on any atom is -0.395 e. The molecule has 0 aliphatic carbocycles. The second-order valence-corrected chi connectivity index (χ2v) is 3.60. The van der Waals surface area contributed by atoms with Crippen molar-refractivity contribution in [3.63, 3.8) is 0 Å². The molecule has 1 aliphatic rings. The summed E-state index contributed by atoms with van der Waals surface area (Å²) in [7, 11) is 0. The molecule has 1 saturated heterocycles. The zero-order chi connectivity index (χ0) is 9.97. The Hall–Kier alpha value is -0.910. The second-order valence-electron chi connectivity index (χ2n) is 3.60. The Kier molecular flexibility index (Phi) is 2.81. The average molecular weight is 197 g/mol. The molecule has 5 nitrogen and oxygen atoms in total. The first-order valence-corrected chi connectivity index (χ1v) is 4.81. The number of aliphatic hydroxyl groups excluding tert-OH is 2. The highest BCUT2D eigenvalue weighted by Crippen LogP contribution is 2.20. The van der Waals surface area contributed by atoms with Gasteiger partial charge in [-0.2, -0.15) is 5.10 Å². The molecule has 0 unspecified atom stereocenters. The molecule has 5 heteroatoms. The van der Waals surface area contributed by atoms with E-state index in [-0.39, 0.29) is 18.8 Å². The number of hydrogen-bond acceptors (Lipinski definition) is 4. The van der Waals surface area contributed by atoms with E-state index in [1.807, 2.05) is 17.2 Å². The summed E-state index contributed by atoms with van der Waals surface area (Å²) in [5, 5.41) is 22.7. The molecule has 2 N–H and O–H groups in total. The van der Waals surface area contributed by atoms with Crippen molar-refractivity contribution < 1.29 is 10.2 Å². The van der Waals surface area contributed by atoms with Crippen molar-refractivity contribution in [3.05, 3.63) is 18.5 Å². The van der Waals surface area contributed by atoms with Gasteiger partial charge >= 0.3 is 0 Å². The van der Waals surface area contributed by atoms with E-state index in [4.69, 9.17) is 5.11 Å². The number of aromatic nitrogens is 2. The third kappa shape index (κ3) is 1.79. The lowest BCUT2D eigenvalue weighted by Gasteiger charge is -2.14. The van der Waals surface area contributed by atoms with Crippen molar-refractivity contribution in [3.8, 4) is 0 Å². The average Bonchev–Trinajstić information content (AvgIpc) is 2.74. The topological polar surface area (TPSA) is 61.5 Å². The van der Waals surface area contributed by atoms with Gasteiger partial charge in [-0.05, 0) is 6.07 Å². The van der Waals surface area contributed by atoms with Crippen molar-refractivity contribution in [2.45, 2.75) is 12.1 Å². The largest absolute Gasteiger partial charge is 0.395 e. The van der Waals surface area contributed by atoms with Crippen LogP contribution in [0.15, 0.2) is 18.5 Å². The summed E-state index contributed by atoms with van der Waals surface area (Å²) in [6.45, 7) is 2.13. The van der Waals surface area contributed by atoms with E-state index in [1.54, 1.807) is 10.9 Å². The quantitative estimate of drug-likeness (QED) is 0.659. The Labute approximate surface area is 82.6 Å². The van der Waals surface area contributed by atoms with Crippen LogP contribution in [0.1, 0.15) is 6.04 Å². The highest BCUT2D eigenvalue weighted by molar-refractivity contribution is 4.91. The van der Waals surface area contributed by atoms with Gasteiger partial charge in [0, 0.05) is 32.0 Å². The summed E-state index contributed by atoms with van der Waals surface area (Å²) < 4.78 is 1.78. The van der Waals surface area contributed by atoms with Gasteiger partial charge in [-0.25, -0.2) is 0 Å². The molecule has 1 aliphatic heterocycles. The number of aliphatic hydroxyl groups is 2. The predicted octanol–water partition coefficient (Wildman–Crippen LogP) is -0.907. The van der Waals surface area contributed by atoms with E-state index in [9.17, 15) is 5.11 Å². The van der Waals surface area contributed by atoms with Crippen LogP contribution in [-0.2, 0) is 0 Å². The van der Waals surface area contributed by atoms with Crippen LogP contribution in [0.2, 0.25) is 0 Å². The van der Waals surface area contributed by atoms with E-state index in [2.05, 4.69) is 5.10 Å². The maximum absolute atomic E-state index is 9.77. The number of hydrogen-bond donors (Lipinski definition) is 2. The third-order valence-electron chi connectivity index (χ3n) is 2.62. The number of β-amino-alcohol motifs (C(OH)–C–C–N with tert-alkyl or cyclic N) is 2. The van der Waals surface area contributed by atoms with Crippen molar-refractivity contribution in [1.82, 2.24) is 14.7 Å². The summed E-state index contributed by atoms with van der Waals surface area (Å²) in [6, 6.07) is 1.87. The number of nitrogens with zero attached hydrogens (tertiary/aromatic N) is 3. The highest BCUT2D eigenvalue weighted by atomic mass is 16.3. The van der Waals surface area contributed by atoms with Crippen molar-refractivity contribution >= 4 is 0 Å². The van der Waals surface area contributed by atoms with Crippen LogP contribution in [0.25, 0.3) is 0 Å². The summed E-state index contributed by atoms with van der Waals surface area (Å²) in [6.07, 6.45) is 3.18. The summed E-state index contributed by atoms with van der Waals surface area (Å²) in [5.41, 5.74) is 0. The molecule has 14 heavy (non-hydrogen) atoms. The van der Waals surface area contributed by atoms with Crippen LogP contribution in [-0.4, -0.2) is 57.2 Å². The highest BCUT2D eigenvalue weighted by Gasteiger charge is 2.32. The zero-order valence-corrected chi connectivity index (χ0v) is 7.95. The first kappa shape index (κ1) is 9.64. The minimum atomic E-state index is -0.388. The van der Waals surface area contributed by atoms with Gasteiger partial charge in [0.15, 0.2) is 0 Å². The smallest absolute Gasteiger partial charge is 0.0917 e. The van der Waals surface area contributed by atoms with Crippen molar-refractivity contribution in [2.24, 2.45) is 0 Å². The molecule has 0 bridgehead atoms. The Bertz CT molecular complexity index is 276. The molecular formula is C9H15N3O2. The zero-order valence-electron chi connectivity index (χ0n) is 7.95. The molecule has 2 heterocycles. The Morgan fingerprint density at radius 2 is 2.29 bits per heavy atom. The minimum absolute atomic E-state index is 0.0246. The SMILES string of the molecule is OCCN1C[C@H](O)[C@@H](n2cccn2)C1. The summed E-state index contributed by atoms with van der Waals surface area (Å²) in [5.74, 6) is 0. The molecule has 2 rings (SSSR count). The van der Waals surface area contributed by atoms with Gasteiger partial charge in [0.25, 0.3) is 0 Å². The summed E-state index contributed by atoms with van der Waals surface area (Å²) in [4.78, 5) is 2.04. The van der Waals surface area contributed by atoms with Gasteiger partial charge < -0.3 is 10.2 Å². The Balaban J connectivity index is 2.01. The Morgan fingerprint density at radius 1 is 1.43 bits per heavy atom. The first-order valence-electron chi connectivity index (χ1n) is 4.81. The maximum atomic E-state index is 9.77. The molecule has 0 radical (unpaired) electrons. The van der Waals surface area contributed by atoms with Crippen LogP contribution in [0.3, 0.4) is 0 Å². The standard InChI is InChI=1S/C9H15N3O2/c13-5-4-11-6-8(9(14)7-11)12-3-1-2-10-12/h1-3,8-9,13-14H,4-7H2/t8-,9-/m0/s1. The van der Waals surface area contributed by atoms with E-state index >= 15 is 0 Å². The molecule has 0 aromatic carbocycles. The fourth-order valence-electron chi connectivity index (χ4n) is 1.91. The van der Waals surface area contributed by atoms with Gasteiger partial charge in [-0.3, -0.25) is 9.58 Å². The molecule has 1 aromatic rings. The van der Waals surface area contributed by atoms with E-state index in [1.165, 1.54) is 0 Å². The molecule has 1 aromatic heterocycles. The van der Waals surface area contributed by atoms with Crippen LogP contribution in [0, 0.1) is 0 Å². The van der Waals surface area contributed by atoms with Crippen molar-refractivity contribution in [2.75, 3.05) is 26.2 Å². The Morgan fingerprint density at radius 3 is 2.93 bits per heavy atom. The summed E-state index contributed by atoms with van der Waals surface area (Å²) >= 11 is 0. The molecule has 0 saturated carbocycles.